The predicted molar refractivity (Wildman–Crippen MR) is 80.6 cm³/mol. The second-order valence-corrected chi connectivity index (χ2v) is 8.93. The number of nitrogens with zero attached hydrogens (tertiary/aromatic N) is 1. The van der Waals surface area contributed by atoms with Crippen molar-refractivity contribution in [1.82, 2.24) is 4.98 Å². The summed E-state index contributed by atoms with van der Waals surface area (Å²) in [6.45, 7) is 8.72. The van der Waals surface area contributed by atoms with Crippen LogP contribution in [0.25, 0.3) is 0 Å². The van der Waals surface area contributed by atoms with Crippen LogP contribution in [0, 0.1) is 0 Å². The highest BCUT2D eigenvalue weighted by Crippen LogP contribution is 2.41. The molecule has 0 saturated carbocycles. The molecule has 2 unspecified atom stereocenters. The van der Waals surface area contributed by atoms with E-state index in [2.05, 4.69) is 38.1 Å². The van der Waals surface area contributed by atoms with Gasteiger partial charge in [-0.05, 0) is 25.5 Å². The van der Waals surface area contributed by atoms with Gasteiger partial charge in [-0.1, -0.05) is 20.8 Å². The molecule has 2 atom stereocenters. The topological polar surface area (TPSA) is 33.1 Å². The summed E-state index contributed by atoms with van der Waals surface area (Å²) in [5.41, 5.74) is 1.24. The van der Waals surface area contributed by atoms with Crippen LogP contribution in [0.15, 0.2) is 5.38 Å². The largest absolute Gasteiger partial charge is 0.391 e. The maximum Gasteiger partial charge on any atom is 0.0954 e. The number of hydrogen-bond donors (Lipinski definition) is 1. The minimum absolute atomic E-state index is 0.0353. The van der Waals surface area contributed by atoms with Crippen LogP contribution in [0.5, 0.6) is 0 Å². The minimum atomic E-state index is -0.274. The fraction of sp³-hybridized carbons (Fsp3) is 0.786. The first-order chi connectivity index (χ1) is 8.31. The molecule has 1 aliphatic rings. The van der Waals surface area contributed by atoms with Crippen molar-refractivity contribution in [2.75, 3.05) is 5.75 Å². The first-order valence-electron chi connectivity index (χ1n) is 6.58. The summed E-state index contributed by atoms with van der Waals surface area (Å²) in [5, 5.41) is 13.6. The molecule has 2 heterocycles. The van der Waals surface area contributed by atoms with Crippen LogP contribution >= 0.6 is 23.1 Å². The van der Waals surface area contributed by atoms with Gasteiger partial charge in [0.2, 0.25) is 0 Å². The van der Waals surface area contributed by atoms with E-state index in [4.69, 9.17) is 0 Å². The Morgan fingerprint density at radius 1 is 1.50 bits per heavy atom. The quantitative estimate of drug-likeness (QED) is 0.920. The Morgan fingerprint density at radius 3 is 2.72 bits per heavy atom. The molecule has 18 heavy (non-hydrogen) atoms. The van der Waals surface area contributed by atoms with Gasteiger partial charge in [0, 0.05) is 22.0 Å². The van der Waals surface area contributed by atoms with Crippen molar-refractivity contribution in [2.24, 2.45) is 0 Å². The first kappa shape index (κ1) is 14.4. The Bertz CT molecular complexity index is 402. The molecular weight excluding hydrogens is 262 g/mol. The fourth-order valence-electron chi connectivity index (χ4n) is 2.19. The molecule has 0 aromatic carbocycles. The molecule has 0 bridgehead atoms. The number of hydrogen-bond acceptors (Lipinski definition) is 4. The van der Waals surface area contributed by atoms with Crippen LogP contribution < -0.4 is 0 Å². The molecule has 1 aromatic heterocycles. The predicted octanol–water partition coefficient (Wildman–Crippen LogP) is 3.63. The van der Waals surface area contributed by atoms with Gasteiger partial charge in [0.15, 0.2) is 0 Å². The van der Waals surface area contributed by atoms with Gasteiger partial charge < -0.3 is 5.11 Å². The second kappa shape index (κ2) is 5.14. The SMILES string of the molecule is CC(C)(C)c1csc(CC(O)C2(C)CCCS2)n1. The lowest BCUT2D eigenvalue weighted by Crippen LogP contribution is -2.35. The molecule has 1 aliphatic heterocycles. The van der Waals surface area contributed by atoms with E-state index in [9.17, 15) is 5.11 Å². The Hall–Kier alpha value is -0.0600. The number of thiazole rings is 1. The molecule has 1 aromatic rings. The van der Waals surface area contributed by atoms with E-state index < -0.39 is 0 Å². The van der Waals surface area contributed by atoms with E-state index in [1.54, 1.807) is 11.3 Å². The van der Waals surface area contributed by atoms with Crippen LogP contribution in [-0.2, 0) is 11.8 Å². The smallest absolute Gasteiger partial charge is 0.0954 e. The molecule has 0 amide bonds. The zero-order chi connectivity index (χ0) is 13.4. The average molecular weight is 285 g/mol. The Kier molecular flexibility index (Phi) is 4.10. The third kappa shape index (κ3) is 3.09. The third-order valence-electron chi connectivity index (χ3n) is 3.64. The molecular formula is C14H23NOS2. The van der Waals surface area contributed by atoms with Crippen molar-refractivity contribution in [3.05, 3.63) is 16.1 Å². The molecule has 4 heteroatoms. The van der Waals surface area contributed by atoms with Crippen molar-refractivity contribution >= 4 is 23.1 Å². The summed E-state index contributed by atoms with van der Waals surface area (Å²) in [5.74, 6) is 1.18. The molecule has 1 saturated heterocycles. The number of rotatable bonds is 3. The maximum atomic E-state index is 10.4. The summed E-state index contributed by atoms with van der Waals surface area (Å²) < 4.78 is 0.0353. The monoisotopic (exact) mass is 285 g/mol. The number of aliphatic hydroxyl groups is 1. The lowest BCUT2D eigenvalue weighted by molar-refractivity contribution is 0.133. The van der Waals surface area contributed by atoms with Crippen LogP contribution in [0.4, 0.5) is 0 Å². The van der Waals surface area contributed by atoms with Crippen molar-refractivity contribution in [2.45, 2.75) is 63.2 Å². The summed E-state index contributed by atoms with van der Waals surface area (Å²) in [4.78, 5) is 4.67. The van der Waals surface area contributed by atoms with Gasteiger partial charge >= 0.3 is 0 Å². The Balaban J connectivity index is 2.03. The van der Waals surface area contributed by atoms with Gasteiger partial charge in [-0.2, -0.15) is 11.8 Å². The highest BCUT2D eigenvalue weighted by Gasteiger charge is 2.37. The van der Waals surface area contributed by atoms with Gasteiger partial charge in [-0.3, -0.25) is 0 Å². The lowest BCUT2D eigenvalue weighted by Gasteiger charge is -2.28. The molecule has 1 N–H and O–H groups in total. The Labute approximate surface area is 118 Å². The van der Waals surface area contributed by atoms with Crippen LogP contribution in [0.1, 0.15) is 51.2 Å². The van der Waals surface area contributed by atoms with E-state index in [1.807, 2.05) is 11.8 Å². The van der Waals surface area contributed by atoms with E-state index >= 15 is 0 Å². The second-order valence-electron chi connectivity index (χ2n) is 6.36. The van der Waals surface area contributed by atoms with E-state index in [0.29, 0.717) is 6.42 Å². The van der Waals surface area contributed by atoms with Crippen molar-refractivity contribution < 1.29 is 5.11 Å². The zero-order valence-electron chi connectivity index (χ0n) is 11.7. The molecule has 102 valence electrons. The summed E-state index contributed by atoms with van der Waals surface area (Å²) >= 11 is 3.59. The summed E-state index contributed by atoms with van der Waals surface area (Å²) in [7, 11) is 0. The molecule has 0 radical (unpaired) electrons. The van der Waals surface area contributed by atoms with Crippen LogP contribution in [-0.4, -0.2) is 26.7 Å². The van der Waals surface area contributed by atoms with Crippen molar-refractivity contribution in [3.8, 4) is 0 Å². The third-order valence-corrected chi connectivity index (χ3v) is 6.14. The molecule has 0 spiro atoms. The Morgan fingerprint density at radius 2 is 2.22 bits per heavy atom. The summed E-state index contributed by atoms with van der Waals surface area (Å²) in [6, 6.07) is 0. The first-order valence-corrected chi connectivity index (χ1v) is 8.45. The highest BCUT2D eigenvalue weighted by molar-refractivity contribution is 8.00. The van der Waals surface area contributed by atoms with Gasteiger partial charge in [0.05, 0.1) is 16.8 Å². The van der Waals surface area contributed by atoms with Crippen molar-refractivity contribution in [1.29, 1.82) is 0 Å². The number of aliphatic hydroxyl groups excluding tert-OH is 1. The van der Waals surface area contributed by atoms with Crippen LogP contribution in [0.2, 0.25) is 0 Å². The van der Waals surface area contributed by atoms with Gasteiger partial charge in [0.1, 0.15) is 0 Å². The molecule has 2 rings (SSSR count). The highest BCUT2D eigenvalue weighted by atomic mass is 32.2. The molecule has 1 fully saturated rings. The normalized spacial score (nSPS) is 26.5. The van der Waals surface area contributed by atoms with E-state index in [1.165, 1.54) is 12.2 Å². The van der Waals surface area contributed by atoms with Gasteiger partial charge in [-0.25, -0.2) is 4.98 Å². The van der Waals surface area contributed by atoms with Crippen LogP contribution in [0.3, 0.4) is 0 Å². The lowest BCUT2D eigenvalue weighted by atomic mass is 9.93. The average Bonchev–Trinajstić information content (AvgIpc) is 2.86. The zero-order valence-corrected chi connectivity index (χ0v) is 13.3. The fourth-order valence-corrected chi connectivity index (χ4v) is 4.57. The molecule has 2 nitrogen and oxygen atoms in total. The summed E-state index contributed by atoms with van der Waals surface area (Å²) in [6.07, 6.45) is 2.77. The van der Waals surface area contributed by atoms with E-state index in [-0.39, 0.29) is 16.3 Å². The standard InChI is InChI=1S/C14H23NOS2/c1-13(2,3)10-9-17-12(15-10)8-11(16)14(4)6-5-7-18-14/h9,11,16H,5-8H2,1-4H3. The number of aromatic nitrogens is 1. The van der Waals surface area contributed by atoms with E-state index in [0.717, 1.165) is 17.1 Å². The maximum absolute atomic E-state index is 10.4. The van der Waals surface area contributed by atoms with Gasteiger partial charge in [-0.15, -0.1) is 11.3 Å². The van der Waals surface area contributed by atoms with Crippen molar-refractivity contribution in [3.63, 3.8) is 0 Å². The molecule has 0 aliphatic carbocycles. The van der Waals surface area contributed by atoms with Gasteiger partial charge in [0.25, 0.3) is 0 Å². The minimum Gasteiger partial charge on any atom is -0.391 e. The number of thioether (sulfide) groups is 1.